The number of hydrogen-bond donors (Lipinski definition) is 2. The Kier molecular flexibility index (Phi) is 9.55. The van der Waals surface area contributed by atoms with Crippen LogP contribution in [-0.2, 0) is 12.8 Å². The zero-order valence-electron chi connectivity index (χ0n) is 15.8. The van der Waals surface area contributed by atoms with Crippen molar-refractivity contribution < 1.29 is 0 Å². The molecule has 0 bridgehead atoms. The van der Waals surface area contributed by atoms with Gasteiger partial charge in [0.15, 0.2) is 0 Å². The first kappa shape index (κ1) is 20.2. The SMILES string of the molecule is O=c1[nH]cccc1CCCCCCCCCCCCc1ccc[nH]c1=O. The Morgan fingerprint density at radius 3 is 1.23 bits per heavy atom. The molecule has 0 aromatic carbocycles. The summed E-state index contributed by atoms with van der Waals surface area (Å²) in [6, 6.07) is 7.64. The minimum atomic E-state index is 0.0596. The van der Waals surface area contributed by atoms with E-state index in [4.69, 9.17) is 0 Å². The lowest BCUT2D eigenvalue weighted by Crippen LogP contribution is -2.10. The molecular formula is C22H32N2O2. The number of H-pyrrole nitrogens is 2. The van der Waals surface area contributed by atoms with Crippen LogP contribution in [0.15, 0.2) is 46.2 Å². The summed E-state index contributed by atoms with van der Waals surface area (Å²) in [5.41, 5.74) is 1.93. The second kappa shape index (κ2) is 12.3. The van der Waals surface area contributed by atoms with Crippen LogP contribution in [0, 0.1) is 0 Å². The standard InChI is InChI=1S/C22H32N2O2/c25-21-19(15-11-17-23-21)13-9-7-5-3-1-2-4-6-8-10-14-20-16-12-18-24-22(20)26/h11-12,15-18H,1-10,13-14H2,(H,23,25)(H,24,26). The Hall–Kier alpha value is -2.10. The van der Waals surface area contributed by atoms with E-state index in [-0.39, 0.29) is 11.1 Å². The fourth-order valence-electron chi connectivity index (χ4n) is 3.35. The molecule has 0 unspecified atom stereocenters. The van der Waals surface area contributed by atoms with E-state index in [0.717, 1.165) is 36.8 Å². The van der Waals surface area contributed by atoms with Crippen LogP contribution < -0.4 is 11.1 Å². The highest BCUT2D eigenvalue weighted by Gasteiger charge is 1.99. The van der Waals surface area contributed by atoms with Crippen LogP contribution in [0.25, 0.3) is 0 Å². The molecule has 0 aliphatic carbocycles. The van der Waals surface area contributed by atoms with Gasteiger partial charge in [-0.25, -0.2) is 0 Å². The van der Waals surface area contributed by atoms with Crippen molar-refractivity contribution in [2.24, 2.45) is 0 Å². The maximum absolute atomic E-state index is 11.6. The summed E-state index contributed by atoms with van der Waals surface area (Å²) in [7, 11) is 0. The Morgan fingerprint density at radius 2 is 0.885 bits per heavy atom. The van der Waals surface area contributed by atoms with Gasteiger partial charge in [-0.2, -0.15) is 0 Å². The van der Waals surface area contributed by atoms with E-state index < -0.39 is 0 Å². The van der Waals surface area contributed by atoms with Crippen molar-refractivity contribution in [2.45, 2.75) is 77.0 Å². The van der Waals surface area contributed by atoms with Crippen molar-refractivity contribution in [1.29, 1.82) is 0 Å². The first-order chi connectivity index (χ1) is 12.8. The number of rotatable bonds is 13. The number of aromatic nitrogens is 2. The molecule has 2 aromatic heterocycles. The third kappa shape index (κ3) is 7.85. The summed E-state index contributed by atoms with van der Waals surface area (Å²) in [6.07, 6.45) is 17.5. The second-order valence-electron chi connectivity index (χ2n) is 7.08. The van der Waals surface area contributed by atoms with Gasteiger partial charge in [0, 0.05) is 23.5 Å². The predicted octanol–water partition coefficient (Wildman–Crippen LogP) is 4.75. The summed E-state index contributed by atoms with van der Waals surface area (Å²) in [4.78, 5) is 28.6. The highest BCUT2D eigenvalue weighted by Crippen LogP contribution is 2.12. The van der Waals surface area contributed by atoms with Gasteiger partial charge in [0.05, 0.1) is 0 Å². The van der Waals surface area contributed by atoms with Crippen LogP contribution in [0.2, 0.25) is 0 Å². The largest absolute Gasteiger partial charge is 0.329 e. The number of hydrogen-bond acceptors (Lipinski definition) is 2. The molecule has 26 heavy (non-hydrogen) atoms. The Labute approximate surface area is 156 Å². The minimum Gasteiger partial charge on any atom is -0.329 e. The maximum atomic E-state index is 11.6. The van der Waals surface area contributed by atoms with E-state index in [1.165, 1.54) is 51.4 Å². The Morgan fingerprint density at radius 1 is 0.538 bits per heavy atom. The lowest BCUT2D eigenvalue weighted by Gasteiger charge is -2.03. The van der Waals surface area contributed by atoms with Gasteiger partial charge >= 0.3 is 0 Å². The zero-order valence-corrected chi connectivity index (χ0v) is 15.8. The molecule has 0 aliphatic rings. The second-order valence-corrected chi connectivity index (χ2v) is 7.08. The average Bonchev–Trinajstić information content (AvgIpc) is 2.65. The van der Waals surface area contributed by atoms with E-state index in [9.17, 15) is 9.59 Å². The van der Waals surface area contributed by atoms with Crippen LogP contribution >= 0.6 is 0 Å². The van der Waals surface area contributed by atoms with Gasteiger partial charge in [0.25, 0.3) is 11.1 Å². The summed E-state index contributed by atoms with van der Waals surface area (Å²) in [5.74, 6) is 0. The van der Waals surface area contributed by atoms with Crippen molar-refractivity contribution in [3.8, 4) is 0 Å². The summed E-state index contributed by atoms with van der Waals surface area (Å²) >= 11 is 0. The number of aromatic amines is 2. The van der Waals surface area contributed by atoms with Gasteiger partial charge in [-0.3, -0.25) is 9.59 Å². The van der Waals surface area contributed by atoms with Crippen LogP contribution in [0.1, 0.15) is 75.3 Å². The molecule has 0 fully saturated rings. The van der Waals surface area contributed by atoms with Crippen LogP contribution in [-0.4, -0.2) is 9.97 Å². The fourth-order valence-corrected chi connectivity index (χ4v) is 3.35. The smallest absolute Gasteiger partial charge is 0.251 e. The van der Waals surface area contributed by atoms with Crippen LogP contribution in [0.3, 0.4) is 0 Å². The van der Waals surface area contributed by atoms with E-state index in [2.05, 4.69) is 9.97 Å². The first-order valence-electron chi connectivity index (χ1n) is 10.1. The fraction of sp³-hybridized carbons (Fsp3) is 0.545. The highest BCUT2D eigenvalue weighted by molar-refractivity contribution is 5.09. The Bertz CT molecular complexity index is 669. The van der Waals surface area contributed by atoms with E-state index in [0.29, 0.717) is 0 Å². The molecule has 0 atom stereocenters. The molecule has 4 heteroatoms. The third-order valence-corrected chi connectivity index (χ3v) is 4.94. The van der Waals surface area contributed by atoms with Crippen molar-refractivity contribution in [3.05, 3.63) is 68.5 Å². The maximum Gasteiger partial charge on any atom is 0.251 e. The number of pyridine rings is 2. The molecule has 2 heterocycles. The summed E-state index contributed by atoms with van der Waals surface area (Å²) in [6.45, 7) is 0. The van der Waals surface area contributed by atoms with E-state index >= 15 is 0 Å². The number of aryl methyl sites for hydroxylation is 2. The molecule has 2 aromatic rings. The molecular weight excluding hydrogens is 324 g/mol. The molecule has 0 amide bonds. The van der Waals surface area contributed by atoms with Gasteiger partial charge in [-0.1, -0.05) is 63.5 Å². The van der Waals surface area contributed by atoms with Crippen molar-refractivity contribution in [3.63, 3.8) is 0 Å². The van der Waals surface area contributed by atoms with Crippen molar-refractivity contribution in [2.75, 3.05) is 0 Å². The minimum absolute atomic E-state index is 0.0596. The molecule has 0 saturated carbocycles. The monoisotopic (exact) mass is 356 g/mol. The summed E-state index contributed by atoms with van der Waals surface area (Å²) in [5, 5.41) is 0. The average molecular weight is 357 g/mol. The van der Waals surface area contributed by atoms with Gasteiger partial charge in [0.1, 0.15) is 0 Å². The number of unbranched alkanes of at least 4 members (excludes halogenated alkanes) is 9. The normalized spacial score (nSPS) is 10.9. The Balaban J connectivity index is 1.38. The molecule has 0 aliphatic heterocycles. The molecule has 4 nitrogen and oxygen atoms in total. The van der Waals surface area contributed by atoms with Crippen LogP contribution in [0.4, 0.5) is 0 Å². The summed E-state index contributed by atoms with van der Waals surface area (Å²) < 4.78 is 0. The van der Waals surface area contributed by atoms with Crippen LogP contribution in [0.5, 0.6) is 0 Å². The molecule has 2 rings (SSSR count). The van der Waals surface area contributed by atoms with Crippen molar-refractivity contribution in [1.82, 2.24) is 9.97 Å². The lowest BCUT2D eigenvalue weighted by atomic mass is 10.0. The molecule has 142 valence electrons. The molecule has 0 radical (unpaired) electrons. The van der Waals surface area contributed by atoms with Gasteiger partial charge in [0.2, 0.25) is 0 Å². The van der Waals surface area contributed by atoms with E-state index in [1.807, 2.05) is 24.3 Å². The molecule has 0 spiro atoms. The lowest BCUT2D eigenvalue weighted by molar-refractivity contribution is 0.550. The van der Waals surface area contributed by atoms with Gasteiger partial charge in [-0.05, 0) is 37.8 Å². The first-order valence-corrected chi connectivity index (χ1v) is 10.1. The molecule has 2 N–H and O–H groups in total. The quantitative estimate of drug-likeness (QED) is 0.509. The molecule has 0 saturated heterocycles. The van der Waals surface area contributed by atoms with Gasteiger partial charge in [-0.15, -0.1) is 0 Å². The van der Waals surface area contributed by atoms with Crippen molar-refractivity contribution >= 4 is 0 Å². The highest BCUT2D eigenvalue weighted by atomic mass is 16.1. The van der Waals surface area contributed by atoms with E-state index in [1.54, 1.807) is 12.4 Å². The number of nitrogens with one attached hydrogen (secondary N) is 2. The third-order valence-electron chi connectivity index (χ3n) is 4.94. The van der Waals surface area contributed by atoms with Gasteiger partial charge < -0.3 is 9.97 Å². The predicted molar refractivity (Wildman–Crippen MR) is 108 cm³/mol. The zero-order chi connectivity index (χ0) is 18.5. The topological polar surface area (TPSA) is 65.7 Å².